The van der Waals surface area contributed by atoms with Crippen LogP contribution >= 0.6 is 0 Å². The van der Waals surface area contributed by atoms with Crippen LogP contribution in [0.5, 0.6) is 5.75 Å². The van der Waals surface area contributed by atoms with Gasteiger partial charge in [0.1, 0.15) is 11.8 Å². The van der Waals surface area contributed by atoms with Crippen molar-refractivity contribution < 1.29 is 22.7 Å². The van der Waals surface area contributed by atoms with Crippen LogP contribution < -0.4 is 20.5 Å². The fourth-order valence-electron chi connectivity index (χ4n) is 2.64. The molecule has 0 saturated carbocycles. The van der Waals surface area contributed by atoms with Crippen LogP contribution in [0, 0.1) is 5.92 Å². The van der Waals surface area contributed by atoms with Crippen molar-refractivity contribution in [2.45, 2.75) is 25.6 Å². The highest BCUT2D eigenvalue weighted by Crippen LogP contribution is 2.15. The van der Waals surface area contributed by atoms with E-state index in [9.17, 15) is 18.0 Å². The van der Waals surface area contributed by atoms with Crippen LogP contribution in [-0.2, 0) is 20.6 Å². The Bertz CT molecular complexity index is 955. The van der Waals surface area contributed by atoms with E-state index in [1.54, 1.807) is 48.5 Å². The third-order valence-electron chi connectivity index (χ3n) is 4.18. The molecule has 8 nitrogen and oxygen atoms in total. The van der Waals surface area contributed by atoms with E-state index >= 15 is 0 Å². The molecule has 0 aliphatic rings. The van der Waals surface area contributed by atoms with Gasteiger partial charge in [-0.15, -0.1) is 0 Å². The minimum absolute atomic E-state index is 0.154. The summed E-state index contributed by atoms with van der Waals surface area (Å²) in [5.41, 5.74) is 1.41. The van der Waals surface area contributed by atoms with Gasteiger partial charge in [0, 0.05) is 11.3 Å². The molecular formula is C20H25N3O5S. The summed E-state index contributed by atoms with van der Waals surface area (Å²) in [5.74, 6) is -0.552. The zero-order chi connectivity index (χ0) is 21.6. The molecule has 4 N–H and O–H groups in total. The van der Waals surface area contributed by atoms with Crippen molar-refractivity contribution in [3.05, 3.63) is 59.7 Å². The highest BCUT2D eigenvalue weighted by molar-refractivity contribution is 7.88. The lowest BCUT2D eigenvalue weighted by atomic mass is 10.0. The predicted molar refractivity (Wildman–Crippen MR) is 111 cm³/mol. The molecule has 1 atom stereocenters. The van der Waals surface area contributed by atoms with Gasteiger partial charge < -0.3 is 15.4 Å². The van der Waals surface area contributed by atoms with E-state index in [0.717, 1.165) is 0 Å². The van der Waals surface area contributed by atoms with Gasteiger partial charge in [-0.1, -0.05) is 26.0 Å². The van der Waals surface area contributed by atoms with E-state index in [0.29, 0.717) is 22.6 Å². The number of ether oxygens (including phenoxy) is 1. The number of nitrogens with one attached hydrogen (secondary N) is 2. The number of benzene rings is 2. The number of hydrogen-bond donors (Lipinski definition) is 3. The summed E-state index contributed by atoms with van der Waals surface area (Å²) in [6.07, 6.45) is 0. The molecular weight excluding hydrogens is 394 g/mol. The molecule has 0 radical (unpaired) electrons. The second kappa shape index (κ2) is 9.53. The SMILES string of the molecule is COc1ccc(C(=O)NC(C(=O)Nc2ccc(CS(N)(=O)=O)cc2)C(C)C)cc1. The lowest BCUT2D eigenvalue weighted by Gasteiger charge is -2.22. The number of methoxy groups -OCH3 is 1. The zero-order valence-corrected chi connectivity index (χ0v) is 17.3. The summed E-state index contributed by atoms with van der Waals surface area (Å²) >= 11 is 0. The average Bonchev–Trinajstić information content (AvgIpc) is 2.66. The number of carbonyl (C=O) groups excluding carboxylic acids is 2. The van der Waals surface area contributed by atoms with Crippen molar-refractivity contribution in [1.82, 2.24) is 5.32 Å². The van der Waals surface area contributed by atoms with E-state index in [1.165, 1.54) is 7.11 Å². The van der Waals surface area contributed by atoms with Gasteiger partial charge in [-0.3, -0.25) is 9.59 Å². The molecule has 0 aliphatic heterocycles. The van der Waals surface area contributed by atoms with Crippen molar-refractivity contribution in [3.63, 3.8) is 0 Å². The second-order valence-corrected chi connectivity index (χ2v) is 8.53. The Morgan fingerprint density at radius 2 is 1.62 bits per heavy atom. The summed E-state index contributed by atoms with van der Waals surface area (Å²) < 4.78 is 27.4. The highest BCUT2D eigenvalue weighted by atomic mass is 32.2. The number of hydrogen-bond acceptors (Lipinski definition) is 5. The molecule has 156 valence electrons. The first-order valence-corrected chi connectivity index (χ1v) is 10.7. The molecule has 0 bridgehead atoms. The second-order valence-electron chi connectivity index (χ2n) is 6.92. The Morgan fingerprint density at radius 3 is 2.10 bits per heavy atom. The third kappa shape index (κ3) is 6.88. The van der Waals surface area contributed by atoms with E-state index in [1.807, 2.05) is 13.8 Å². The molecule has 0 heterocycles. The number of anilines is 1. The molecule has 9 heteroatoms. The molecule has 2 aromatic carbocycles. The fourth-order valence-corrected chi connectivity index (χ4v) is 3.30. The smallest absolute Gasteiger partial charge is 0.251 e. The van der Waals surface area contributed by atoms with Gasteiger partial charge in [-0.05, 0) is 47.9 Å². The van der Waals surface area contributed by atoms with Crippen LogP contribution in [0.25, 0.3) is 0 Å². The maximum absolute atomic E-state index is 12.7. The zero-order valence-electron chi connectivity index (χ0n) is 16.5. The number of amides is 2. The minimum Gasteiger partial charge on any atom is -0.497 e. The van der Waals surface area contributed by atoms with Crippen LogP contribution in [0.3, 0.4) is 0 Å². The van der Waals surface area contributed by atoms with Crippen LogP contribution in [0.4, 0.5) is 5.69 Å². The highest BCUT2D eigenvalue weighted by Gasteiger charge is 2.25. The Morgan fingerprint density at radius 1 is 1.03 bits per heavy atom. The monoisotopic (exact) mass is 419 g/mol. The first-order chi connectivity index (χ1) is 13.6. The maximum Gasteiger partial charge on any atom is 0.251 e. The van der Waals surface area contributed by atoms with Gasteiger partial charge in [-0.25, -0.2) is 13.6 Å². The Balaban J connectivity index is 2.05. The number of primary sulfonamides is 1. The van der Waals surface area contributed by atoms with Gasteiger partial charge >= 0.3 is 0 Å². The molecule has 1 unspecified atom stereocenters. The molecule has 0 aromatic heterocycles. The summed E-state index contributed by atoms with van der Waals surface area (Å²) in [5, 5.41) is 10.5. The molecule has 0 fully saturated rings. The Hall–Kier alpha value is -2.91. The third-order valence-corrected chi connectivity index (χ3v) is 4.91. The van der Waals surface area contributed by atoms with E-state index in [-0.39, 0.29) is 23.5 Å². The molecule has 0 saturated heterocycles. The van der Waals surface area contributed by atoms with Crippen LogP contribution in [-0.4, -0.2) is 33.4 Å². The van der Waals surface area contributed by atoms with Crippen molar-refractivity contribution >= 4 is 27.5 Å². The molecule has 2 amide bonds. The lowest BCUT2D eigenvalue weighted by Crippen LogP contribution is -2.47. The normalized spacial score (nSPS) is 12.3. The van der Waals surface area contributed by atoms with Crippen LogP contribution in [0.2, 0.25) is 0 Å². The maximum atomic E-state index is 12.7. The predicted octanol–water partition coefficient (Wildman–Crippen LogP) is 1.88. The van der Waals surface area contributed by atoms with Gasteiger partial charge in [0.2, 0.25) is 15.9 Å². The van der Waals surface area contributed by atoms with Crippen molar-refractivity contribution in [1.29, 1.82) is 0 Å². The van der Waals surface area contributed by atoms with Crippen molar-refractivity contribution in [2.75, 3.05) is 12.4 Å². The Kier molecular flexibility index (Phi) is 7.35. The summed E-state index contributed by atoms with van der Waals surface area (Å²) in [6.45, 7) is 3.65. The van der Waals surface area contributed by atoms with E-state index in [4.69, 9.17) is 9.88 Å². The number of nitrogens with two attached hydrogens (primary N) is 1. The lowest BCUT2D eigenvalue weighted by molar-refractivity contribution is -0.118. The topological polar surface area (TPSA) is 128 Å². The van der Waals surface area contributed by atoms with Gasteiger partial charge in [0.25, 0.3) is 5.91 Å². The minimum atomic E-state index is -3.62. The van der Waals surface area contributed by atoms with Crippen molar-refractivity contribution in [3.8, 4) is 5.75 Å². The summed E-state index contributed by atoms with van der Waals surface area (Å²) in [4.78, 5) is 25.2. The first kappa shape index (κ1) is 22.4. The van der Waals surface area contributed by atoms with Crippen LogP contribution in [0.1, 0.15) is 29.8 Å². The quantitative estimate of drug-likeness (QED) is 0.602. The molecule has 2 rings (SSSR count). The van der Waals surface area contributed by atoms with Crippen molar-refractivity contribution in [2.24, 2.45) is 11.1 Å². The van der Waals surface area contributed by atoms with Gasteiger partial charge in [0.15, 0.2) is 0 Å². The van der Waals surface area contributed by atoms with E-state index < -0.39 is 16.1 Å². The number of carbonyl (C=O) groups is 2. The summed E-state index contributed by atoms with van der Waals surface area (Å²) in [6, 6.07) is 12.1. The standard InChI is InChI=1S/C20H25N3O5S/c1-13(2)18(23-19(24)15-6-10-17(28-3)11-7-15)20(25)22-16-8-4-14(5-9-16)12-29(21,26)27/h4-11,13,18H,12H2,1-3H3,(H,22,25)(H,23,24)(H2,21,26,27). The van der Waals surface area contributed by atoms with Gasteiger partial charge in [-0.2, -0.15) is 0 Å². The fraction of sp³-hybridized carbons (Fsp3) is 0.300. The number of rotatable bonds is 8. The number of sulfonamides is 1. The molecule has 2 aromatic rings. The van der Waals surface area contributed by atoms with E-state index in [2.05, 4.69) is 10.6 Å². The first-order valence-electron chi connectivity index (χ1n) is 8.94. The Labute approximate surface area is 170 Å². The summed E-state index contributed by atoms with van der Waals surface area (Å²) in [7, 11) is -2.09. The molecule has 0 spiro atoms. The molecule has 29 heavy (non-hydrogen) atoms. The largest absolute Gasteiger partial charge is 0.497 e. The molecule has 0 aliphatic carbocycles. The average molecular weight is 420 g/mol. The van der Waals surface area contributed by atoms with Gasteiger partial charge in [0.05, 0.1) is 12.9 Å². The van der Waals surface area contributed by atoms with Crippen LogP contribution in [0.15, 0.2) is 48.5 Å².